The summed E-state index contributed by atoms with van der Waals surface area (Å²) in [7, 11) is 0. The fraction of sp³-hybridized carbons (Fsp3) is 0.238. The number of nitrogens with zero attached hydrogens (tertiary/aromatic N) is 3. The number of unbranched alkanes of at least 4 members (excludes halogenated alkanes) is 1. The number of aryl methyl sites for hydroxylation is 1. The summed E-state index contributed by atoms with van der Waals surface area (Å²) < 4.78 is 7.68. The largest absolute Gasteiger partial charge is 0.437 e. The first-order chi connectivity index (χ1) is 13.2. The lowest BCUT2D eigenvalue weighted by Crippen LogP contribution is -1.98. The van der Waals surface area contributed by atoms with Crippen molar-refractivity contribution in [1.82, 2.24) is 9.78 Å². The van der Waals surface area contributed by atoms with E-state index < -0.39 is 0 Å². The molecule has 0 amide bonds. The number of benzene rings is 2. The number of nitrogens with one attached hydrogen (secondary N) is 1. The van der Waals surface area contributed by atoms with Gasteiger partial charge in [0.1, 0.15) is 5.75 Å². The van der Waals surface area contributed by atoms with Gasteiger partial charge in [-0.2, -0.15) is 0 Å². The highest BCUT2D eigenvalue weighted by atomic mass is 35.5. The molecule has 5 nitrogen and oxygen atoms in total. The number of ether oxygens (including phenoxy) is 1. The minimum atomic E-state index is 0.537. The fourth-order valence-electron chi connectivity index (χ4n) is 2.50. The van der Waals surface area contributed by atoms with Crippen LogP contribution in [0.15, 0.2) is 59.7 Å². The molecule has 3 aromatic rings. The molecule has 0 atom stereocenters. The Bertz CT molecular complexity index is 903. The Morgan fingerprint density at radius 2 is 2.00 bits per heavy atom. The molecule has 0 unspecified atom stereocenters. The molecular formula is C21H23ClN4O. The van der Waals surface area contributed by atoms with Crippen molar-refractivity contribution in [3.63, 3.8) is 0 Å². The van der Waals surface area contributed by atoms with Gasteiger partial charge in [0, 0.05) is 29.5 Å². The molecule has 0 aliphatic rings. The van der Waals surface area contributed by atoms with Crippen LogP contribution in [0.3, 0.4) is 0 Å². The third-order valence-corrected chi connectivity index (χ3v) is 4.26. The van der Waals surface area contributed by atoms with Crippen LogP contribution in [0.5, 0.6) is 11.6 Å². The average Bonchev–Trinajstić information content (AvgIpc) is 3.13. The highest BCUT2D eigenvalue weighted by Crippen LogP contribution is 2.26. The minimum absolute atomic E-state index is 0.537. The number of aliphatic imine (C=N–C) groups is 1. The second-order valence-corrected chi connectivity index (χ2v) is 6.63. The molecule has 0 saturated heterocycles. The summed E-state index contributed by atoms with van der Waals surface area (Å²) in [5.41, 5.74) is 2.92. The van der Waals surface area contributed by atoms with Crippen molar-refractivity contribution in [1.29, 1.82) is 0 Å². The third-order valence-electron chi connectivity index (χ3n) is 4.01. The molecule has 27 heavy (non-hydrogen) atoms. The second kappa shape index (κ2) is 9.24. The summed E-state index contributed by atoms with van der Waals surface area (Å²) >= 11 is 5.93. The Balaban J connectivity index is 1.64. The van der Waals surface area contributed by atoms with E-state index in [0.29, 0.717) is 10.9 Å². The summed E-state index contributed by atoms with van der Waals surface area (Å²) in [6, 6.07) is 15.2. The Morgan fingerprint density at radius 1 is 1.19 bits per heavy atom. The Morgan fingerprint density at radius 3 is 2.74 bits per heavy atom. The molecule has 0 bridgehead atoms. The van der Waals surface area contributed by atoms with Gasteiger partial charge in [0.15, 0.2) is 0 Å². The minimum Gasteiger partial charge on any atom is -0.437 e. The predicted molar refractivity (Wildman–Crippen MR) is 112 cm³/mol. The van der Waals surface area contributed by atoms with E-state index in [1.807, 2.05) is 61.7 Å². The normalized spacial score (nSPS) is 11.1. The van der Waals surface area contributed by atoms with Gasteiger partial charge in [0.05, 0.1) is 12.0 Å². The maximum absolute atomic E-state index is 5.93. The average molecular weight is 383 g/mol. The van der Waals surface area contributed by atoms with E-state index in [0.717, 1.165) is 42.1 Å². The van der Waals surface area contributed by atoms with Gasteiger partial charge in [0.2, 0.25) is 5.88 Å². The van der Waals surface area contributed by atoms with E-state index in [9.17, 15) is 0 Å². The molecule has 1 N–H and O–H groups in total. The van der Waals surface area contributed by atoms with Gasteiger partial charge in [-0.05, 0) is 61.4 Å². The van der Waals surface area contributed by atoms with Crippen molar-refractivity contribution in [2.24, 2.45) is 4.99 Å². The van der Waals surface area contributed by atoms with E-state index in [4.69, 9.17) is 16.3 Å². The smallest absolute Gasteiger partial charge is 0.238 e. The van der Waals surface area contributed by atoms with E-state index in [1.165, 1.54) is 0 Å². The van der Waals surface area contributed by atoms with Crippen molar-refractivity contribution in [2.75, 3.05) is 11.9 Å². The number of hydrogen-bond acceptors (Lipinski definition) is 3. The van der Waals surface area contributed by atoms with Crippen LogP contribution >= 0.6 is 11.6 Å². The molecule has 2 aromatic carbocycles. The maximum Gasteiger partial charge on any atom is 0.238 e. The van der Waals surface area contributed by atoms with Gasteiger partial charge < -0.3 is 10.1 Å². The van der Waals surface area contributed by atoms with Crippen LogP contribution in [-0.4, -0.2) is 22.7 Å². The molecule has 6 heteroatoms. The van der Waals surface area contributed by atoms with Crippen LogP contribution in [0.1, 0.15) is 25.3 Å². The molecule has 0 saturated carbocycles. The number of hydrogen-bond donors (Lipinski definition) is 1. The molecule has 1 heterocycles. The highest BCUT2D eigenvalue weighted by molar-refractivity contribution is 6.30. The summed E-state index contributed by atoms with van der Waals surface area (Å²) in [4.78, 5) is 4.32. The fourth-order valence-corrected chi connectivity index (χ4v) is 2.63. The van der Waals surface area contributed by atoms with E-state index in [1.54, 1.807) is 11.0 Å². The first-order valence-electron chi connectivity index (χ1n) is 9.00. The molecular weight excluding hydrogens is 360 g/mol. The first-order valence-corrected chi connectivity index (χ1v) is 9.38. The van der Waals surface area contributed by atoms with Crippen molar-refractivity contribution in [2.45, 2.75) is 26.7 Å². The lowest BCUT2D eigenvalue weighted by Gasteiger charge is -2.08. The van der Waals surface area contributed by atoms with Gasteiger partial charge in [-0.15, -0.1) is 5.10 Å². The molecule has 0 aliphatic heterocycles. The van der Waals surface area contributed by atoms with Crippen LogP contribution in [0.4, 0.5) is 5.69 Å². The maximum atomic E-state index is 5.93. The first kappa shape index (κ1) is 19.0. The molecule has 0 aliphatic carbocycles. The van der Waals surface area contributed by atoms with Crippen LogP contribution in [0, 0.1) is 6.92 Å². The molecule has 1 aromatic heterocycles. The molecule has 0 fully saturated rings. The van der Waals surface area contributed by atoms with Gasteiger partial charge in [0.25, 0.3) is 0 Å². The summed E-state index contributed by atoms with van der Waals surface area (Å²) in [5, 5.41) is 8.35. The van der Waals surface area contributed by atoms with Gasteiger partial charge in [-0.1, -0.05) is 24.9 Å². The predicted octanol–water partition coefficient (Wildman–Crippen LogP) is 5.87. The SMILES string of the molecule is CCCCN=CNc1ccc(Oc2ccn(-c3ccc(Cl)cc3)n2)c(C)c1. The zero-order valence-electron chi connectivity index (χ0n) is 15.5. The summed E-state index contributed by atoms with van der Waals surface area (Å²) in [5.74, 6) is 1.31. The van der Waals surface area contributed by atoms with Crippen molar-refractivity contribution in [3.05, 3.63) is 65.3 Å². The van der Waals surface area contributed by atoms with E-state index >= 15 is 0 Å². The lowest BCUT2D eigenvalue weighted by molar-refractivity contribution is 0.454. The number of aromatic nitrogens is 2. The molecule has 3 rings (SSSR count). The zero-order valence-corrected chi connectivity index (χ0v) is 16.3. The van der Waals surface area contributed by atoms with Gasteiger partial charge in [-0.3, -0.25) is 4.99 Å². The lowest BCUT2D eigenvalue weighted by atomic mass is 10.2. The Kier molecular flexibility index (Phi) is 6.49. The van der Waals surface area contributed by atoms with Crippen LogP contribution in [-0.2, 0) is 0 Å². The second-order valence-electron chi connectivity index (χ2n) is 6.19. The Labute approximate surface area is 164 Å². The number of halogens is 1. The van der Waals surface area contributed by atoms with Crippen LogP contribution < -0.4 is 10.1 Å². The zero-order chi connectivity index (χ0) is 19.1. The molecule has 140 valence electrons. The number of anilines is 1. The highest BCUT2D eigenvalue weighted by Gasteiger charge is 2.06. The van der Waals surface area contributed by atoms with Crippen LogP contribution in [0.25, 0.3) is 5.69 Å². The number of rotatable bonds is 8. The van der Waals surface area contributed by atoms with E-state index in [-0.39, 0.29) is 0 Å². The molecule has 0 spiro atoms. The van der Waals surface area contributed by atoms with Crippen molar-refractivity contribution in [3.8, 4) is 17.3 Å². The topological polar surface area (TPSA) is 51.4 Å². The van der Waals surface area contributed by atoms with Crippen LogP contribution in [0.2, 0.25) is 5.02 Å². The van der Waals surface area contributed by atoms with Crippen molar-refractivity contribution >= 4 is 23.6 Å². The van der Waals surface area contributed by atoms with Gasteiger partial charge in [-0.25, -0.2) is 4.68 Å². The van der Waals surface area contributed by atoms with Crippen molar-refractivity contribution < 1.29 is 4.74 Å². The third kappa shape index (κ3) is 5.34. The monoisotopic (exact) mass is 382 g/mol. The standard InChI is InChI=1S/C21H23ClN4O/c1-3-4-12-23-15-24-18-7-10-20(16(2)14-18)27-21-11-13-26(25-21)19-8-5-17(22)6-9-19/h5-11,13-15H,3-4,12H2,1-2H3,(H,23,24). The summed E-state index contributed by atoms with van der Waals surface area (Å²) in [6.45, 7) is 5.01. The quantitative estimate of drug-likeness (QED) is 0.301. The van der Waals surface area contributed by atoms with Gasteiger partial charge >= 0.3 is 0 Å². The molecule has 0 radical (unpaired) electrons. The van der Waals surface area contributed by atoms with E-state index in [2.05, 4.69) is 22.3 Å². The summed E-state index contributed by atoms with van der Waals surface area (Å²) in [6.07, 6.45) is 5.86. The Hall–Kier alpha value is -2.79.